The number of benzene rings is 1. The molecule has 0 aromatic heterocycles. The first-order valence-electron chi connectivity index (χ1n) is 4.04. The third-order valence-corrected chi connectivity index (χ3v) is 6.46. The van der Waals surface area contributed by atoms with Crippen LogP contribution in [0.25, 0.3) is 0 Å². The Hall–Kier alpha value is 0.459. The minimum atomic E-state index is -5.49. The van der Waals surface area contributed by atoms with Crippen molar-refractivity contribution in [1.29, 1.82) is 0 Å². The molecule has 1 radical (unpaired) electrons. The van der Waals surface area contributed by atoms with Gasteiger partial charge in [-0.15, -0.1) is 11.6 Å². The molecule has 1 rings (SSSR count). The Balaban J connectivity index is 0.00000289. The zero-order chi connectivity index (χ0) is 13.3. The average Bonchev–Trinajstić information content (AvgIpc) is 2.19. The summed E-state index contributed by atoms with van der Waals surface area (Å²) in [7, 11) is -10.5. The zero-order valence-corrected chi connectivity index (χ0v) is 12.7. The van der Waals surface area contributed by atoms with Gasteiger partial charge in [0.25, 0.3) is 0 Å². The predicted molar refractivity (Wildman–Crippen MR) is 56.9 cm³/mol. The predicted octanol–water partition coefficient (Wildman–Crippen LogP) is 0.706. The van der Waals surface area contributed by atoms with Crippen LogP contribution in [-0.4, -0.2) is 4.86 Å². The summed E-state index contributed by atoms with van der Waals surface area (Å²) >= 11 is 10.6. The van der Waals surface area contributed by atoms with Crippen molar-refractivity contribution < 1.29 is 45.4 Å². The summed E-state index contributed by atoms with van der Waals surface area (Å²) in [4.78, 5) is 29.6. The minimum absolute atomic E-state index is 0. The quantitative estimate of drug-likeness (QED) is 0.436. The smallest absolute Gasteiger partial charge is 0.809 e. The van der Waals surface area contributed by atoms with Crippen LogP contribution >= 0.6 is 38.4 Å². The molecule has 0 spiro atoms. The normalized spacial score (nSPS) is 16.3. The van der Waals surface area contributed by atoms with Gasteiger partial charge in [0.15, 0.2) is 0 Å². The van der Waals surface area contributed by atoms with Gasteiger partial charge in [-0.1, -0.05) is 11.6 Å². The van der Waals surface area contributed by atoms with E-state index in [-0.39, 0.29) is 22.8 Å². The number of halogens is 2. The third kappa shape index (κ3) is 5.22. The molecule has 1 aromatic rings. The molecule has 0 saturated carbocycles. The molecule has 0 amide bonds. The van der Waals surface area contributed by atoms with Gasteiger partial charge in [-0.25, -0.2) is 0 Å². The molecule has 1 aromatic carbocycles. The minimum Gasteiger partial charge on any atom is -0.809 e. The molecule has 0 bridgehead atoms. The fourth-order valence-electron chi connectivity index (χ4n) is 0.859. The second-order valence-corrected chi connectivity index (χ2v) is 8.20. The Bertz CT molecular complexity index is 489. The standard InChI is InChI=1S/C7H8Cl2O6P2.Fe/c8-5-1-3-6(4-2-5)15-17(13,14)7(9)16(10,11)12;/h1-4,7H,(H,13,14)(H2,10,11,12);/q;+3/p-3. The summed E-state index contributed by atoms with van der Waals surface area (Å²) in [5.41, 5.74) is 0. The first kappa shape index (κ1) is 18.5. The van der Waals surface area contributed by atoms with Crippen LogP contribution in [0.4, 0.5) is 0 Å². The van der Waals surface area contributed by atoms with E-state index >= 15 is 0 Å². The molecule has 18 heavy (non-hydrogen) atoms. The van der Waals surface area contributed by atoms with Crippen molar-refractivity contribution in [2.75, 3.05) is 0 Å². The van der Waals surface area contributed by atoms with Crippen molar-refractivity contribution in [1.82, 2.24) is 0 Å². The van der Waals surface area contributed by atoms with Gasteiger partial charge in [-0.3, -0.25) is 4.57 Å². The van der Waals surface area contributed by atoms with Crippen molar-refractivity contribution in [3.8, 4) is 5.75 Å². The SMILES string of the molecule is O=P([O-])([O-])C(Cl)P(=O)([O-])Oc1ccc(Cl)cc1.[Fe+3]. The van der Waals surface area contributed by atoms with Crippen molar-refractivity contribution >= 4 is 38.4 Å². The Kier molecular flexibility index (Phi) is 6.93. The van der Waals surface area contributed by atoms with E-state index in [9.17, 15) is 23.8 Å². The Morgan fingerprint density at radius 3 is 1.94 bits per heavy atom. The maximum Gasteiger partial charge on any atom is 3.00 e. The van der Waals surface area contributed by atoms with Gasteiger partial charge in [-0.05, 0) is 31.9 Å². The molecule has 11 heteroatoms. The number of rotatable bonds is 4. The van der Waals surface area contributed by atoms with E-state index in [1.54, 1.807) is 0 Å². The van der Waals surface area contributed by atoms with Crippen LogP contribution in [0.1, 0.15) is 0 Å². The summed E-state index contributed by atoms with van der Waals surface area (Å²) in [6, 6.07) is 5.04. The van der Waals surface area contributed by atoms with Crippen LogP contribution in [0.2, 0.25) is 5.02 Å². The number of alkyl halides is 1. The van der Waals surface area contributed by atoms with Crippen LogP contribution < -0.4 is 19.2 Å². The van der Waals surface area contributed by atoms with Crippen molar-refractivity contribution in [2.24, 2.45) is 0 Å². The summed E-state index contributed by atoms with van der Waals surface area (Å²) in [5, 5.41) is 0.332. The van der Waals surface area contributed by atoms with E-state index in [0.29, 0.717) is 5.02 Å². The molecular formula is C7H5Cl2FeO6P2. The molecule has 0 aliphatic carbocycles. The fraction of sp³-hybridized carbons (Fsp3) is 0.143. The van der Waals surface area contributed by atoms with Crippen molar-refractivity contribution in [3.63, 3.8) is 0 Å². The van der Waals surface area contributed by atoms with E-state index in [1.165, 1.54) is 24.3 Å². The van der Waals surface area contributed by atoms with E-state index in [0.717, 1.165) is 0 Å². The van der Waals surface area contributed by atoms with Gasteiger partial charge >= 0.3 is 17.1 Å². The molecule has 6 nitrogen and oxygen atoms in total. The van der Waals surface area contributed by atoms with Gasteiger partial charge in [0.05, 0.1) is 0 Å². The largest absolute Gasteiger partial charge is 3.00 e. The van der Waals surface area contributed by atoms with Crippen LogP contribution in [-0.2, 0) is 26.2 Å². The monoisotopic (exact) mass is 373 g/mol. The van der Waals surface area contributed by atoms with Gasteiger partial charge in [0.1, 0.15) is 10.6 Å². The van der Waals surface area contributed by atoms with Crippen molar-refractivity contribution in [3.05, 3.63) is 29.3 Å². The summed E-state index contributed by atoms with van der Waals surface area (Å²) in [5.74, 6) is -0.188. The van der Waals surface area contributed by atoms with Gasteiger partial charge in [-0.2, -0.15) is 0 Å². The summed E-state index contributed by atoms with van der Waals surface area (Å²) in [6.07, 6.45) is 0. The number of hydrogen-bond donors (Lipinski definition) is 0. The molecular weight excluding hydrogens is 369 g/mol. The molecule has 0 aliphatic heterocycles. The molecule has 0 heterocycles. The Morgan fingerprint density at radius 1 is 1.11 bits per heavy atom. The van der Waals surface area contributed by atoms with Crippen LogP contribution in [0.15, 0.2) is 24.3 Å². The second-order valence-electron chi connectivity index (χ2n) is 2.94. The Labute approximate surface area is 123 Å². The Morgan fingerprint density at radius 2 is 1.56 bits per heavy atom. The molecule has 2 unspecified atom stereocenters. The van der Waals surface area contributed by atoms with Crippen LogP contribution in [0.5, 0.6) is 5.75 Å². The molecule has 101 valence electrons. The third-order valence-electron chi connectivity index (χ3n) is 1.57. The molecule has 2 atom stereocenters. The van der Waals surface area contributed by atoms with Gasteiger partial charge < -0.3 is 23.8 Å². The maximum absolute atomic E-state index is 11.3. The average molecular weight is 374 g/mol. The van der Waals surface area contributed by atoms with E-state index < -0.39 is 20.1 Å². The van der Waals surface area contributed by atoms with Gasteiger partial charge in [0, 0.05) is 5.02 Å². The maximum atomic E-state index is 11.3. The van der Waals surface area contributed by atoms with Crippen molar-refractivity contribution in [2.45, 2.75) is 4.86 Å². The zero-order valence-electron chi connectivity index (χ0n) is 8.34. The molecule has 0 fully saturated rings. The molecule has 0 aliphatic rings. The summed E-state index contributed by atoms with van der Waals surface area (Å²) in [6.45, 7) is 0. The van der Waals surface area contributed by atoms with Crippen LogP contribution in [0.3, 0.4) is 0 Å². The van der Waals surface area contributed by atoms with E-state index in [4.69, 9.17) is 23.2 Å². The van der Waals surface area contributed by atoms with E-state index in [1.807, 2.05) is 0 Å². The summed E-state index contributed by atoms with van der Waals surface area (Å²) < 4.78 is 26.2. The van der Waals surface area contributed by atoms with Gasteiger partial charge in [0.2, 0.25) is 7.60 Å². The topological polar surface area (TPSA) is 113 Å². The first-order valence-corrected chi connectivity index (χ1v) is 8.08. The first-order chi connectivity index (χ1) is 7.63. The molecule has 0 N–H and O–H groups in total. The molecule has 0 saturated heterocycles. The van der Waals surface area contributed by atoms with Crippen LogP contribution in [0, 0.1) is 0 Å². The second kappa shape index (κ2) is 6.76. The fourth-order valence-corrected chi connectivity index (χ4v) is 3.13. The number of hydrogen-bond acceptors (Lipinski definition) is 6. The van der Waals surface area contributed by atoms with E-state index in [2.05, 4.69) is 4.52 Å².